The van der Waals surface area contributed by atoms with Crippen molar-refractivity contribution in [3.63, 3.8) is 0 Å². The van der Waals surface area contributed by atoms with E-state index in [4.69, 9.17) is 0 Å². The first-order chi connectivity index (χ1) is 16.6. The zero-order chi connectivity index (χ0) is 23.8. The van der Waals surface area contributed by atoms with Gasteiger partial charge in [0.1, 0.15) is 0 Å². The standard InChI is InChI=1S/C28H22BrN3O2/c29-25-14-8-7-13-23(25)19-30-32-27(33)22-15-17-24(18-16-22)31-28(34)26(20-9-3-1-4-10-20)21-11-5-2-6-12-21/h1-19,26H,(H,31,34)(H,32,33)/b30-19-. The maximum atomic E-state index is 13.2. The van der Waals surface area contributed by atoms with Crippen molar-refractivity contribution < 1.29 is 9.59 Å². The Balaban J connectivity index is 1.43. The van der Waals surface area contributed by atoms with Gasteiger partial charge in [-0.05, 0) is 41.5 Å². The molecule has 4 aromatic rings. The van der Waals surface area contributed by atoms with Crippen molar-refractivity contribution in [1.82, 2.24) is 5.43 Å². The van der Waals surface area contributed by atoms with Crippen LogP contribution >= 0.6 is 15.9 Å². The Hall–Kier alpha value is -4.03. The van der Waals surface area contributed by atoms with E-state index in [2.05, 4.69) is 31.8 Å². The maximum Gasteiger partial charge on any atom is 0.271 e. The lowest BCUT2D eigenvalue weighted by Gasteiger charge is -2.18. The SMILES string of the molecule is O=C(N/N=C\c1ccccc1Br)c1ccc(NC(=O)C(c2ccccc2)c2ccccc2)cc1. The first-order valence-corrected chi connectivity index (χ1v) is 11.5. The number of hydrogen-bond donors (Lipinski definition) is 2. The van der Waals surface area contributed by atoms with E-state index in [1.807, 2.05) is 84.9 Å². The highest BCUT2D eigenvalue weighted by Crippen LogP contribution is 2.26. The molecule has 4 aromatic carbocycles. The number of benzene rings is 4. The van der Waals surface area contributed by atoms with Gasteiger partial charge in [-0.2, -0.15) is 5.10 Å². The summed E-state index contributed by atoms with van der Waals surface area (Å²) in [6.07, 6.45) is 1.57. The second-order valence-corrected chi connectivity index (χ2v) is 8.40. The van der Waals surface area contributed by atoms with E-state index in [9.17, 15) is 9.59 Å². The minimum Gasteiger partial charge on any atom is -0.325 e. The molecule has 4 rings (SSSR count). The van der Waals surface area contributed by atoms with Crippen molar-refractivity contribution in [3.8, 4) is 0 Å². The topological polar surface area (TPSA) is 70.6 Å². The number of anilines is 1. The molecule has 0 atom stereocenters. The van der Waals surface area contributed by atoms with Gasteiger partial charge in [0.15, 0.2) is 0 Å². The van der Waals surface area contributed by atoms with Crippen LogP contribution in [0, 0.1) is 0 Å². The molecule has 0 aliphatic carbocycles. The minimum absolute atomic E-state index is 0.146. The second-order valence-electron chi connectivity index (χ2n) is 7.54. The highest BCUT2D eigenvalue weighted by atomic mass is 79.9. The average Bonchev–Trinajstić information content (AvgIpc) is 2.87. The number of carbonyl (C=O) groups excluding carboxylic acids is 2. The van der Waals surface area contributed by atoms with E-state index in [-0.39, 0.29) is 11.8 Å². The van der Waals surface area contributed by atoms with E-state index < -0.39 is 5.92 Å². The number of carbonyl (C=O) groups is 2. The molecule has 0 unspecified atom stereocenters. The highest BCUT2D eigenvalue weighted by molar-refractivity contribution is 9.10. The molecule has 0 aromatic heterocycles. The van der Waals surface area contributed by atoms with Gasteiger partial charge in [0, 0.05) is 21.3 Å². The van der Waals surface area contributed by atoms with Crippen molar-refractivity contribution in [2.45, 2.75) is 5.92 Å². The number of hydrazone groups is 1. The van der Waals surface area contributed by atoms with Crippen molar-refractivity contribution in [3.05, 3.63) is 136 Å². The van der Waals surface area contributed by atoms with Gasteiger partial charge in [0.25, 0.3) is 5.91 Å². The van der Waals surface area contributed by atoms with E-state index in [0.29, 0.717) is 11.3 Å². The molecule has 0 spiro atoms. The molecule has 6 heteroatoms. The summed E-state index contributed by atoms with van der Waals surface area (Å²) in [5.74, 6) is -0.933. The van der Waals surface area contributed by atoms with E-state index in [1.54, 1.807) is 30.5 Å². The maximum absolute atomic E-state index is 13.2. The summed E-state index contributed by atoms with van der Waals surface area (Å²) in [6.45, 7) is 0. The van der Waals surface area contributed by atoms with Crippen LogP contribution < -0.4 is 10.7 Å². The summed E-state index contributed by atoms with van der Waals surface area (Å²) in [4.78, 5) is 25.6. The average molecular weight is 512 g/mol. The van der Waals surface area contributed by atoms with Crippen LogP contribution in [0.2, 0.25) is 0 Å². The van der Waals surface area contributed by atoms with Crippen LogP contribution in [0.1, 0.15) is 33.0 Å². The molecule has 0 aliphatic heterocycles. The fraction of sp³-hybridized carbons (Fsp3) is 0.0357. The number of nitrogens with zero attached hydrogens (tertiary/aromatic N) is 1. The number of amides is 2. The molecule has 0 fully saturated rings. The molecule has 0 aliphatic rings. The largest absolute Gasteiger partial charge is 0.325 e. The van der Waals surface area contributed by atoms with Gasteiger partial charge in [-0.3, -0.25) is 9.59 Å². The third-order valence-electron chi connectivity index (χ3n) is 5.22. The Morgan fingerprint density at radius 3 is 1.88 bits per heavy atom. The lowest BCUT2D eigenvalue weighted by Crippen LogP contribution is -2.22. The van der Waals surface area contributed by atoms with E-state index >= 15 is 0 Å². The first-order valence-electron chi connectivity index (χ1n) is 10.7. The number of hydrogen-bond acceptors (Lipinski definition) is 3. The normalized spacial score (nSPS) is 10.9. The molecule has 0 saturated carbocycles. The van der Waals surface area contributed by atoms with Gasteiger partial charge in [-0.15, -0.1) is 0 Å². The van der Waals surface area contributed by atoms with Crippen LogP contribution in [0.5, 0.6) is 0 Å². The number of rotatable bonds is 7. The van der Waals surface area contributed by atoms with Crippen LogP contribution in [-0.4, -0.2) is 18.0 Å². The van der Waals surface area contributed by atoms with Crippen LogP contribution in [0.25, 0.3) is 0 Å². The molecule has 5 nitrogen and oxygen atoms in total. The summed E-state index contributed by atoms with van der Waals surface area (Å²) in [5, 5.41) is 6.99. The van der Waals surface area contributed by atoms with Gasteiger partial charge < -0.3 is 5.32 Å². The summed E-state index contributed by atoms with van der Waals surface area (Å²) < 4.78 is 0.886. The van der Waals surface area contributed by atoms with Crippen LogP contribution in [0.15, 0.2) is 119 Å². The van der Waals surface area contributed by atoms with Crippen LogP contribution in [0.3, 0.4) is 0 Å². The molecule has 2 N–H and O–H groups in total. The Bertz CT molecular complexity index is 1250. The van der Waals surface area contributed by atoms with Crippen LogP contribution in [0.4, 0.5) is 5.69 Å². The van der Waals surface area contributed by atoms with Gasteiger partial charge in [-0.1, -0.05) is 94.8 Å². The quantitative estimate of drug-likeness (QED) is 0.236. The fourth-order valence-corrected chi connectivity index (χ4v) is 3.90. The third-order valence-corrected chi connectivity index (χ3v) is 5.94. The summed E-state index contributed by atoms with van der Waals surface area (Å²) in [5.41, 5.74) is 6.23. The van der Waals surface area contributed by atoms with Gasteiger partial charge in [0.05, 0.1) is 12.1 Å². The van der Waals surface area contributed by atoms with Gasteiger partial charge in [-0.25, -0.2) is 5.43 Å². The lowest BCUT2D eigenvalue weighted by molar-refractivity contribution is -0.116. The molecular formula is C28H22BrN3O2. The highest BCUT2D eigenvalue weighted by Gasteiger charge is 2.22. The molecule has 2 amide bonds. The fourth-order valence-electron chi connectivity index (χ4n) is 3.51. The summed E-state index contributed by atoms with van der Waals surface area (Å²) in [7, 11) is 0. The summed E-state index contributed by atoms with van der Waals surface area (Å²) >= 11 is 3.44. The van der Waals surface area contributed by atoms with Gasteiger partial charge >= 0.3 is 0 Å². The third kappa shape index (κ3) is 5.85. The predicted octanol–water partition coefficient (Wildman–Crippen LogP) is 5.98. The van der Waals surface area contributed by atoms with Crippen molar-refractivity contribution >= 4 is 39.6 Å². The zero-order valence-electron chi connectivity index (χ0n) is 18.2. The van der Waals surface area contributed by atoms with E-state index in [1.165, 1.54) is 0 Å². The number of nitrogens with one attached hydrogen (secondary N) is 2. The Labute approximate surface area is 206 Å². The first kappa shape index (κ1) is 23.1. The van der Waals surface area contributed by atoms with Crippen molar-refractivity contribution in [1.29, 1.82) is 0 Å². The van der Waals surface area contributed by atoms with Gasteiger partial charge in [0.2, 0.25) is 5.91 Å². The second kappa shape index (κ2) is 11.2. The molecule has 0 bridgehead atoms. The van der Waals surface area contributed by atoms with Crippen molar-refractivity contribution in [2.75, 3.05) is 5.32 Å². The van der Waals surface area contributed by atoms with Crippen LogP contribution in [-0.2, 0) is 4.79 Å². The van der Waals surface area contributed by atoms with E-state index in [0.717, 1.165) is 21.2 Å². The summed E-state index contributed by atoms with van der Waals surface area (Å²) in [6, 6.07) is 33.6. The Morgan fingerprint density at radius 2 is 1.29 bits per heavy atom. The molecular weight excluding hydrogens is 490 g/mol. The molecule has 168 valence electrons. The molecule has 34 heavy (non-hydrogen) atoms. The lowest BCUT2D eigenvalue weighted by atomic mass is 9.90. The molecule has 0 radical (unpaired) electrons. The monoisotopic (exact) mass is 511 g/mol. The zero-order valence-corrected chi connectivity index (χ0v) is 19.8. The Kier molecular flexibility index (Phi) is 7.63. The predicted molar refractivity (Wildman–Crippen MR) is 139 cm³/mol. The number of halogens is 1. The Morgan fingerprint density at radius 1 is 0.735 bits per heavy atom. The molecule has 0 heterocycles. The van der Waals surface area contributed by atoms with Crippen molar-refractivity contribution in [2.24, 2.45) is 5.10 Å². The minimum atomic E-state index is -0.447. The molecule has 0 saturated heterocycles. The smallest absolute Gasteiger partial charge is 0.271 e.